The number of nitrogens with zero attached hydrogens (tertiary/aromatic N) is 2. The van der Waals surface area contributed by atoms with Crippen molar-refractivity contribution in [3.63, 3.8) is 0 Å². The molecule has 1 unspecified atom stereocenters. The van der Waals surface area contributed by atoms with Crippen molar-refractivity contribution in [1.29, 1.82) is 0 Å². The van der Waals surface area contributed by atoms with Crippen molar-refractivity contribution in [2.24, 2.45) is 5.73 Å². The largest absolute Gasteiger partial charge is 0.378 e. The Kier molecular flexibility index (Phi) is 3.34. The first-order chi connectivity index (χ1) is 8.49. The van der Waals surface area contributed by atoms with Crippen molar-refractivity contribution in [3.8, 4) is 0 Å². The first-order valence-corrected chi connectivity index (χ1v) is 5.86. The lowest BCUT2D eigenvalue weighted by molar-refractivity contribution is -0.125. The zero-order chi connectivity index (χ0) is 13.3. The topological polar surface area (TPSA) is 66.6 Å². The number of amides is 2. The average molecular weight is 247 g/mol. The molecule has 18 heavy (non-hydrogen) atoms. The van der Waals surface area contributed by atoms with Gasteiger partial charge in [-0.1, -0.05) is 0 Å². The van der Waals surface area contributed by atoms with Crippen molar-refractivity contribution in [1.82, 2.24) is 4.90 Å². The quantitative estimate of drug-likeness (QED) is 0.771. The second-order valence-electron chi connectivity index (χ2n) is 4.72. The molecule has 1 aliphatic heterocycles. The Morgan fingerprint density at radius 2 is 1.94 bits per heavy atom. The number of hydrogen-bond donors (Lipinski definition) is 1. The van der Waals surface area contributed by atoms with Gasteiger partial charge in [-0.05, 0) is 24.3 Å². The van der Waals surface area contributed by atoms with Gasteiger partial charge in [-0.2, -0.15) is 0 Å². The standard InChI is InChI=1S/C13H17N3O2/c1-15(2)11-5-3-9(4-6-11)13(18)16-8-10(14)7-12(16)17/h3-6,10H,7-8,14H2,1-2H3. The molecular weight excluding hydrogens is 230 g/mol. The lowest BCUT2D eigenvalue weighted by atomic mass is 10.2. The fourth-order valence-electron chi connectivity index (χ4n) is 1.99. The number of anilines is 1. The zero-order valence-electron chi connectivity index (χ0n) is 10.6. The maximum atomic E-state index is 12.1. The molecule has 0 radical (unpaired) electrons. The van der Waals surface area contributed by atoms with E-state index in [1.807, 2.05) is 31.1 Å². The van der Waals surface area contributed by atoms with Crippen molar-refractivity contribution >= 4 is 17.5 Å². The van der Waals surface area contributed by atoms with Crippen LogP contribution in [0.25, 0.3) is 0 Å². The van der Waals surface area contributed by atoms with Gasteiger partial charge in [0.15, 0.2) is 0 Å². The second kappa shape index (κ2) is 4.78. The van der Waals surface area contributed by atoms with E-state index in [4.69, 9.17) is 5.73 Å². The fraction of sp³-hybridized carbons (Fsp3) is 0.385. The molecule has 2 rings (SSSR count). The highest BCUT2D eigenvalue weighted by molar-refractivity contribution is 6.06. The molecule has 0 aliphatic carbocycles. The molecule has 96 valence electrons. The molecule has 0 saturated carbocycles. The predicted molar refractivity (Wildman–Crippen MR) is 69.4 cm³/mol. The van der Waals surface area contributed by atoms with Crippen LogP contribution >= 0.6 is 0 Å². The third kappa shape index (κ3) is 2.36. The minimum absolute atomic E-state index is 0.191. The number of carbonyl (C=O) groups excluding carboxylic acids is 2. The van der Waals surface area contributed by atoms with E-state index in [9.17, 15) is 9.59 Å². The Bertz CT molecular complexity index is 468. The lowest BCUT2D eigenvalue weighted by Gasteiger charge is -2.16. The van der Waals surface area contributed by atoms with E-state index in [0.29, 0.717) is 12.1 Å². The zero-order valence-corrected chi connectivity index (χ0v) is 10.6. The summed E-state index contributed by atoms with van der Waals surface area (Å²) >= 11 is 0. The molecule has 1 atom stereocenters. The van der Waals surface area contributed by atoms with Gasteiger partial charge in [0, 0.05) is 44.4 Å². The highest BCUT2D eigenvalue weighted by Crippen LogP contribution is 2.17. The fourth-order valence-corrected chi connectivity index (χ4v) is 1.99. The Balaban J connectivity index is 2.16. The summed E-state index contributed by atoms with van der Waals surface area (Å²) < 4.78 is 0. The Morgan fingerprint density at radius 3 is 2.39 bits per heavy atom. The van der Waals surface area contributed by atoms with Gasteiger partial charge in [0.05, 0.1) is 0 Å². The van der Waals surface area contributed by atoms with Gasteiger partial charge in [0.25, 0.3) is 5.91 Å². The van der Waals surface area contributed by atoms with Gasteiger partial charge in [0.2, 0.25) is 5.91 Å². The maximum Gasteiger partial charge on any atom is 0.260 e. The van der Waals surface area contributed by atoms with Gasteiger partial charge < -0.3 is 10.6 Å². The molecule has 0 aromatic heterocycles. The van der Waals surface area contributed by atoms with Crippen LogP contribution < -0.4 is 10.6 Å². The summed E-state index contributed by atoms with van der Waals surface area (Å²) in [7, 11) is 3.86. The van der Waals surface area contributed by atoms with Gasteiger partial charge in [-0.15, -0.1) is 0 Å². The number of hydrogen-bond acceptors (Lipinski definition) is 4. The van der Waals surface area contributed by atoms with E-state index in [1.165, 1.54) is 4.90 Å². The first-order valence-electron chi connectivity index (χ1n) is 5.86. The van der Waals surface area contributed by atoms with Crippen LogP contribution in [-0.4, -0.2) is 43.4 Å². The summed E-state index contributed by atoms with van der Waals surface area (Å²) in [6, 6.07) is 6.94. The van der Waals surface area contributed by atoms with Crippen LogP contribution in [0.4, 0.5) is 5.69 Å². The highest BCUT2D eigenvalue weighted by Gasteiger charge is 2.32. The molecule has 1 fully saturated rings. The molecule has 1 aromatic carbocycles. The summed E-state index contributed by atoms with van der Waals surface area (Å²) in [5.41, 5.74) is 7.20. The van der Waals surface area contributed by atoms with Gasteiger partial charge in [-0.25, -0.2) is 0 Å². The van der Waals surface area contributed by atoms with E-state index >= 15 is 0 Å². The third-order valence-corrected chi connectivity index (χ3v) is 3.03. The molecule has 1 aliphatic rings. The number of nitrogens with two attached hydrogens (primary N) is 1. The van der Waals surface area contributed by atoms with E-state index in [0.717, 1.165) is 5.69 Å². The third-order valence-electron chi connectivity index (χ3n) is 3.03. The molecule has 1 aromatic rings. The Morgan fingerprint density at radius 1 is 1.33 bits per heavy atom. The van der Waals surface area contributed by atoms with Gasteiger partial charge >= 0.3 is 0 Å². The predicted octanol–water partition coefficient (Wildman–Crippen LogP) is 0.452. The Labute approximate surface area is 106 Å². The van der Waals surface area contributed by atoms with E-state index in [1.54, 1.807) is 12.1 Å². The van der Waals surface area contributed by atoms with Crippen molar-refractivity contribution < 1.29 is 9.59 Å². The number of rotatable bonds is 2. The molecule has 1 saturated heterocycles. The van der Waals surface area contributed by atoms with Gasteiger partial charge in [-0.3, -0.25) is 14.5 Å². The number of benzene rings is 1. The highest BCUT2D eigenvalue weighted by atomic mass is 16.2. The molecule has 5 heteroatoms. The first kappa shape index (κ1) is 12.6. The van der Waals surface area contributed by atoms with Crippen LogP contribution in [0.1, 0.15) is 16.8 Å². The van der Waals surface area contributed by atoms with Crippen molar-refractivity contribution in [2.75, 3.05) is 25.5 Å². The summed E-state index contributed by atoms with van der Waals surface area (Å²) in [4.78, 5) is 26.9. The van der Waals surface area contributed by atoms with E-state index in [-0.39, 0.29) is 24.3 Å². The molecule has 0 bridgehead atoms. The molecule has 0 spiro atoms. The SMILES string of the molecule is CN(C)c1ccc(C(=O)N2CC(N)CC2=O)cc1. The van der Waals surface area contributed by atoms with Crippen molar-refractivity contribution in [2.45, 2.75) is 12.5 Å². The van der Waals surface area contributed by atoms with Crippen molar-refractivity contribution in [3.05, 3.63) is 29.8 Å². The number of likely N-dealkylation sites (tertiary alicyclic amines) is 1. The molecule has 2 N–H and O–H groups in total. The molecule has 5 nitrogen and oxygen atoms in total. The smallest absolute Gasteiger partial charge is 0.260 e. The maximum absolute atomic E-state index is 12.1. The van der Waals surface area contributed by atoms with E-state index in [2.05, 4.69) is 0 Å². The average Bonchev–Trinajstić information content (AvgIpc) is 2.67. The monoisotopic (exact) mass is 247 g/mol. The minimum Gasteiger partial charge on any atom is -0.378 e. The van der Waals surface area contributed by atoms with E-state index < -0.39 is 0 Å². The molecule has 2 amide bonds. The number of carbonyl (C=O) groups is 2. The van der Waals surface area contributed by atoms with Crippen LogP contribution in [0.2, 0.25) is 0 Å². The summed E-state index contributed by atoms with van der Waals surface area (Å²) in [6.45, 7) is 0.313. The van der Waals surface area contributed by atoms with Crippen LogP contribution in [0, 0.1) is 0 Å². The summed E-state index contributed by atoms with van der Waals surface area (Å²) in [5, 5.41) is 0. The summed E-state index contributed by atoms with van der Waals surface area (Å²) in [6.07, 6.45) is 0.252. The van der Waals surface area contributed by atoms with Gasteiger partial charge in [0.1, 0.15) is 0 Å². The summed E-state index contributed by atoms with van der Waals surface area (Å²) in [5.74, 6) is -0.456. The lowest BCUT2D eigenvalue weighted by Crippen LogP contribution is -2.34. The molecular formula is C13H17N3O2. The molecule has 1 heterocycles. The minimum atomic E-state index is -0.266. The van der Waals surface area contributed by atoms with Crippen LogP contribution in [0.15, 0.2) is 24.3 Å². The normalized spacial score (nSPS) is 19.2. The Hall–Kier alpha value is -1.88. The van der Waals surface area contributed by atoms with Crippen LogP contribution in [0.5, 0.6) is 0 Å². The number of imide groups is 1. The van der Waals surface area contributed by atoms with Crippen LogP contribution in [-0.2, 0) is 4.79 Å². The van der Waals surface area contributed by atoms with Crippen LogP contribution in [0.3, 0.4) is 0 Å². The second-order valence-corrected chi connectivity index (χ2v) is 4.72.